The van der Waals surface area contributed by atoms with E-state index in [0.717, 1.165) is 11.3 Å². The minimum absolute atomic E-state index is 0.0379. The lowest BCUT2D eigenvalue weighted by Crippen LogP contribution is -2.50. The lowest BCUT2D eigenvalue weighted by atomic mass is 9.99. The van der Waals surface area contributed by atoms with Gasteiger partial charge in [0.15, 0.2) is 5.76 Å². The Kier molecular flexibility index (Phi) is 8.83. The third-order valence-electron chi connectivity index (χ3n) is 6.79. The quantitative estimate of drug-likeness (QED) is 0.359. The second-order valence-corrected chi connectivity index (χ2v) is 13.0. The smallest absolute Gasteiger partial charge is 0.323 e. The van der Waals surface area contributed by atoms with Gasteiger partial charge in [-0.15, -0.1) is 11.3 Å². The molecule has 0 radical (unpaired) electrons. The normalized spacial score (nSPS) is 18.5. The third-order valence-corrected chi connectivity index (χ3v) is 9.99. The number of rotatable bonds is 8. The van der Waals surface area contributed by atoms with Crippen molar-refractivity contribution in [2.24, 2.45) is 5.92 Å². The first-order valence-electron chi connectivity index (χ1n) is 12.7. The molecule has 12 nitrogen and oxygen atoms in total. The fourth-order valence-electron chi connectivity index (χ4n) is 4.37. The lowest BCUT2D eigenvalue weighted by molar-refractivity contribution is 0.0387. The van der Waals surface area contributed by atoms with E-state index in [2.05, 4.69) is 15.8 Å². The zero-order valence-electron chi connectivity index (χ0n) is 22.9. The Bertz CT molecular complexity index is 1450. The number of thiophene rings is 1. The number of aromatic nitrogens is 1. The SMILES string of the molecule is Cc1noc(C)c1NC(=O)Nc1ccc2c(c1)C(=O)N([C@@H](C)CO)C[C@@H](C)[C@@H](CN(C)S(=O)(=O)c1cccs1)O2. The van der Waals surface area contributed by atoms with Crippen LogP contribution in [0.15, 0.2) is 44.4 Å². The highest BCUT2D eigenvalue weighted by molar-refractivity contribution is 7.91. The highest BCUT2D eigenvalue weighted by atomic mass is 32.2. The molecule has 14 heteroatoms. The maximum Gasteiger partial charge on any atom is 0.323 e. The second-order valence-electron chi connectivity index (χ2n) is 9.83. The zero-order chi connectivity index (χ0) is 29.2. The van der Waals surface area contributed by atoms with Crippen LogP contribution in [0.5, 0.6) is 5.75 Å². The molecule has 0 unspecified atom stereocenters. The number of aliphatic hydroxyl groups is 1. The van der Waals surface area contributed by atoms with Crippen LogP contribution in [0, 0.1) is 19.8 Å². The molecule has 0 aliphatic carbocycles. The summed E-state index contributed by atoms with van der Waals surface area (Å²) >= 11 is 1.13. The molecule has 0 bridgehead atoms. The summed E-state index contributed by atoms with van der Waals surface area (Å²) in [5.41, 5.74) is 1.48. The van der Waals surface area contributed by atoms with Gasteiger partial charge in [0.1, 0.15) is 27.4 Å². The van der Waals surface area contributed by atoms with Gasteiger partial charge in [-0.05, 0) is 50.4 Å². The van der Waals surface area contributed by atoms with Crippen molar-refractivity contribution in [3.63, 3.8) is 0 Å². The molecule has 0 saturated carbocycles. The summed E-state index contributed by atoms with van der Waals surface area (Å²) in [6.45, 7) is 6.98. The average Bonchev–Trinajstić information content (AvgIpc) is 3.57. The van der Waals surface area contributed by atoms with E-state index in [4.69, 9.17) is 9.26 Å². The van der Waals surface area contributed by atoms with Gasteiger partial charge in [0.25, 0.3) is 15.9 Å². The Morgan fingerprint density at radius 2 is 2.05 bits per heavy atom. The van der Waals surface area contributed by atoms with Crippen molar-refractivity contribution in [2.75, 3.05) is 37.4 Å². The Morgan fingerprint density at radius 3 is 2.67 bits per heavy atom. The number of carbonyl (C=O) groups is 2. The topological polar surface area (TPSA) is 154 Å². The van der Waals surface area contributed by atoms with Crippen LogP contribution < -0.4 is 15.4 Å². The van der Waals surface area contributed by atoms with E-state index in [1.165, 1.54) is 17.4 Å². The highest BCUT2D eigenvalue weighted by Crippen LogP contribution is 2.31. The maximum absolute atomic E-state index is 13.6. The number of aryl methyl sites for hydroxylation is 2. The van der Waals surface area contributed by atoms with E-state index < -0.39 is 28.2 Å². The van der Waals surface area contributed by atoms with Crippen molar-refractivity contribution in [2.45, 2.75) is 44.0 Å². The first-order chi connectivity index (χ1) is 18.9. The summed E-state index contributed by atoms with van der Waals surface area (Å²) in [6.07, 6.45) is -0.610. The molecule has 40 heavy (non-hydrogen) atoms. The Morgan fingerprint density at radius 1 is 1.30 bits per heavy atom. The molecule has 1 aliphatic rings. The Hall–Kier alpha value is -3.46. The number of aliphatic hydroxyl groups excluding tert-OH is 1. The third kappa shape index (κ3) is 6.14. The summed E-state index contributed by atoms with van der Waals surface area (Å²) in [4.78, 5) is 27.9. The van der Waals surface area contributed by atoms with E-state index in [0.29, 0.717) is 22.8 Å². The molecule has 216 valence electrons. The van der Waals surface area contributed by atoms with Crippen LogP contribution in [0.3, 0.4) is 0 Å². The van der Waals surface area contributed by atoms with Crippen LogP contribution in [0.25, 0.3) is 0 Å². The van der Waals surface area contributed by atoms with Crippen LogP contribution in [-0.4, -0.2) is 78.7 Å². The van der Waals surface area contributed by atoms with Gasteiger partial charge in [-0.3, -0.25) is 4.79 Å². The number of benzene rings is 1. The van der Waals surface area contributed by atoms with E-state index >= 15 is 0 Å². The molecule has 3 heterocycles. The fourth-order valence-corrected chi connectivity index (χ4v) is 6.75. The van der Waals surface area contributed by atoms with Crippen LogP contribution in [0.1, 0.15) is 35.7 Å². The van der Waals surface area contributed by atoms with Gasteiger partial charge >= 0.3 is 6.03 Å². The number of nitrogens with zero attached hydrogens (tertiary/aromatic N) is 3. The zero-order valence-corrected chi connectivity index (χ0v) is 24.5. The Labute approximate surface area is 237 Å². The molecule has 3 aromatic rings. The number of sulfonamides is 1. The minimum atomic E-state index is -3.72. The summed E-state index contributed by atoms with van der Waals surface area (Å²) in [6, 6.07) is 6.83. The van der Waals surface area contributed by atoms with Crippen molar-refractivity contribution < 1.29 is 32.4 Å². The predicted molar refractivity (Wildman–Crippen MR) is 150 cm³/mol. The summed E-state index contributed by atoms with van der Waals surface area (Å²) in [5, 5.41) is 20.8. The standard InChI is InChI=1S/C26H33N5O7S2/c1-15-12-31(16(2)14-32)25(33)20-11-19(27-26(34)28-24-17(3)29-38-18(24)4)8-9-21(20)37-22(15)13-30(5)40(35,36)23-7-6-10-39-23/h6-11,15-16,22,32H,12-14H2,1-5H3,(H2,27,28,34)/t15-,16+,22-/m1/s1. The van der Waals surface area contributed by atoms with Gasteiger partial charge in [0, 0.05) is 25.2 Å². The number of urea groups is 1. The van der Waals surface area contributed by atoms with Gasteiger partial charge in [-0.1, -0.05) is 18.1 Å². The molecule has 0 spiro atoms. The molecular formula is C26H33N5O7S2. The number of anilines is 2. The van der Waals surface area contributed by atoms with Crippen molar-refractivity contribution in [3.8, 4) is 5.75 Å². The molecule has 1 aromatic carbocycles. The average molecular weight is 592 g/mol. The first kappa shape index (κ1) is 29.5. The molecular weight excluding hydrogens is 558 g/mol. The molecule has 2 aromatic heterocycles. The molecule has 3 atom stereocenters. The van der Waals surface area contributed by atoms with Crippen LogP contribution in [0.4, 0.5) is 16.2 Å². The summed E-state index contributed by atoms with van der Waals surface area (Å²) in [7, 11) is -2.23. The monoisotopic (exact) mass is 591 g/mol. The molecule has 0 fully saturated rings. The number of nitrogens with one attached hydrogen (secondary N) is 2. The largest absolute Gasteiger partial charge is 0.488 e. The Balaban J connectivity index is 1.62. The molecule has 3 amide bonds. The predicted octanol–water partition coefficient (Wildman–Crippen LogP) is 3.54. The van der Waals surface area contributed by atoms with Gasteiger partial charge in [-0.2, -0.15) is 4.31 Å². The van der Waals surface area contributed by atoms with Gasteiger partial charge < -0.3 is 29.9 Å². The summed E-state index contributed by atoms with van der Waals surface area (Å²) in [5.74, 6) is 0.0476. The number of hydrogen-bond acceptors (Lipinski definition) is 9. The van der Waals surface area contributed by atoms with Crippen LogP contribution >= 0.6 is 11.3 Å². The van der Waals surface area contributed by atoms with Crippen LogP contribution in [-0.2, 0) is 10.0 Å². The van der Waals surface area contributed by atoms with Crippen molar-refractivity contribution in [3.05, 3.63) is 52.7 Å². The van der Waals surface area contributed by atoms with Crippen molar-refractivity contribution >= 4 is 44.7 Å². The number of ether oxygens (including phenoxy) is 1. The van der Waals surface area contributed by atoms with Crippen LogP contribution in [0.2, 0.25) is 0 Å². The minimum Gasteiger partial charge on any atom is -0.488 e. The highest BCUT2D eigenvalue weighted by Gasteiger charge is 2.35. The van der Waals surface area contributed by atoms with E-state index in [-0.39, 0.29) is 47.0 Å². The fraction of sp³-hybridized carbons (Fsp3) is 0.423. The first-order valence-corrected chi connectivity index (χ1v) is 15.0. The molecule has 1 aliphatic heterocycles. The van der Waals surface area contributed by atoms with Gasteiger partial charge in [-0.25, -0.2) is 13.2 Å². The maximum atomic E-state index is 13.6. The van der Waals surface area contributed by atoms with E-state index in [1.54, 1.807) is 55.3 Å². The molecule has 0 saturated heterocycles. The number of likely N-dealkylation sites (N-methyl/N-ethyl adjacent to an activating group) is 1. The van der Waals surface area contributed by atoms with E-state index in [9.17, 15) is 23.1 Å². The lowest BCUT2D eigenvalue weighted by Gasteiger charge is -2.38. The van der Waals surface area contributed by atoms with Crippen molar-refractivity contribution in [1.29, 1.82) is 0 Å². The van der Waals surface area contributed by atoms with Crippen molar-refractivity contribution in [1.82, 2.24) is 14.4 Å². The number of fused-ring (bicyclic) bond motifs is 1. The number of amides is 3. The molecule has 4 rings (SSSR count). The van der Waals surface area contributed by atoms with Gasteiger partial charge in [0.2, 0.25) is 0 Å². The van der Waals surface area contributed by atoms with Gasteiger partial charge in [0.05, 0.1) is 24.8 Å². The number of hydrogen-bond donors (Lipinski definition) is 3. The molecule has 3 N–H and O–H groups in total. The number of carbonyl (C=O) groups excluding carboxylic acids is 2. The second kappa shape index (κ2) is 12.0. The van der Waals surface area contributed by atoms with E-state index in [1.807, 2.05) is 6.92 Å². The summed E-state index contributed by atoms with van der Waals surface area (Å²) < 4.78 is 39.0.